The first-order chi connectivity index (χ1) is 7.79. The summed E-state index contributed by atoms with van der Waals surface area (Å²) in [5.41, 5.74) is 1.37. The zero-order valence-corrected chi connectivity index (χ0v) is 11.0. The average molecular weight is 233 g/mol. The lowest BCUT2D eigenvalue weighted by Crippen LogP contribution is -2.19. The van der Waals surface area contributed by atoms with Crippen molar-refractivity contribution >= 4 is 11.8 Å². The number of thioether (sulfide) groups is 1. The van der Waals surface area contributed by atoms with Gasteiger partial charge in [-0.25, -0.2) is 0 Å². The van der Waals surface area contributed by atoms with Gasteiger partial charge in [-0.3, -0.25) is 5.32 Å². The Bertz CT molecular complexity index is 376. The summed E-state index contributed by atoms with van der Waals surface area (Å²) < 4.78 is 0. The van der Waals surface area contributed by atoms with Gasteiger partial charge in [-0.1, -0.05) is 31.0 Å². The molecule has 0 bridgehead atoms. The molecule has 0 spiro atoms. The average Bonchev–Trinajstić information content (AvgIpc) is 2.30. The molecular formula is C14H19NS. The van der Waals surface area contributed by atoms with Gasteiger partial charge in [0.25, 0.3) is 0 Å². The fourth-order valence-electron chi connectivity index (χ4n) is 1.53. The second kappa shape index (κ2) is 7.38. The van der Waals surface area contributed by atoms with Crippen LogP contribution in [0.4, 0.5) is 0 Å². The number of hydrogen-bond donors (Lipinski definition) is 1. The SMILES string of the molecule is CC#CCNC(C)c1ccccc1SCC. The molecule has 0 heterocycles. The van der Waals surface area contributed by atoms with E-state index in [2.05, 4.69) is 55.3 Å². The summed E-state index contributed by atoms with van der Waals surface area (Å²) in [5, 5.41) is 3.41. The van der Waals surface area contributed by atoms with Crippen molar-refractivity contribution < 1.29 is 0 Å². The molecule has 2 heteroatoms. The van der Waals surface area contributed by atoms with Crippen molar-refractivity contribution in [3.8, 4) is 11.8 Å². The molecule has 0 radical (unpaired) electrons. The first kappa shape index (κ1) is 13.2. The van der Waals surface area contributed by atoms with Crippen molar-refractivity contribution in [2.24, 2.45) is 0 Å². The highest BCUT2D eigenvalue weighted by Crippen LogP contribution is 2.26. The molecule has 1 aromatic rings. The number of hydrogen-bond acceptors (Lipinski definition) is 2. The summed E-state index contributed by atoms with van der Waals surface area (Å²) >= 11 is 1.89. The minimum atomic E-state index is 0.357. The fourth-order valence-corrected chi connectivity index (χ4v) is 2.42. The van der Waals surface area contributed by atoms with Crippen molar-refractivity contribution in [1.82, 2.24) is 5.32 Å². The molecule has 0 saturated heterocycles. The molecule has 1 nitrogen and oxygen atoms in total. The van der Waals surface area contributed by atoms with Crippen LogP contribution < -0.4 is 5.32 Å². The van der Waals surface area contributed by atoms with E-state index in [1.165, 1.54) is 10.5 Å². The van der Waals surface area contributed by atoms with Gasteiger partial charge in [0.15, 0.2) is 0 Å². The van der Waals surface area contributed by atoms with Crippen LogP contribution in [0.5, 0.6) is 0 Å². The van der Waals surface area contributed by atoms with Crippen LogP contribution in [0.25, 0.3) is 0 Å². The van der Waals surface area contributed by atoms with Crippen LogP contribution in [-0.4, -0.2) is 12.3 Å². The minimum absolute atomic E-state index is 0.357. The smallest absolute Gasteiger partial charge is 0.0581 e. The Morgan fingerprint density at radius 2 is 2.12 bits per heavy atom. The predicted octanol–water partition coefficient (Wildman–Crippen LogP) is 3.47. The van der Waals surface area contributed by atoms with E-state index >= 15 is 0 Å². The highest BCUT2D eigenvalue weighted by molar-refractivity contribution is 7.99. The Kier molecular flexibility index (Phi) is 6.07. The molecule has 86 valence electrons. The zero-order valence-electron chi connectivity index (χ0n) is 10.2. The summed E-state index contributed by atoms with van der Waals surface area (Å²) in [5.74, 6) is 7.04. The molecule has 0 fully saturated rings. The van der Waals surface area contributed by atoms with E-state index in [1.54, 1.807) is 0 Å². The second-order valence-corrected chi connectivity index (χ2v) is 4.81. The van der Waals surface area contributed by atoms with Gasteiger partial charge in [0.1, 0.15) is 0 Å². The van der Waals surface area contributed by atoms with E-state index < -0.39 is 0 Å². The highest BCUT2D eigenvalue weighted by atomic mass is 32.2. The van der Waals surface area contributed by atoms with Gasteiger partial charge in [-0.15, -0.1) is 17.7 Å². The Balaban J connectivity index is 2.71. The first-order valence-corrected chi connectivity index (χ1v) is 6.62. The van der Waals surface area contributed by atoms with E-state index in [1.807, 2.05) is 18.7 Å². The first-order valence-electron chi connectivity index (χ1n) is 5.64. The molecule has 1 aromatic carbocycles. The third-order valence-corrected chi connectivity index (χ3v) is 3.33. The Hall–Kier alpha value is -0.910. The van der Waals surface area contributed by atoms with E-state index in [0.29, 0.717) is 6.04 Å². The molecule has 1 rings (SSSR count). The van der Waals surface area contributed by atoms with E-state index in [0.717, 1.165) is 12.3 Å². The summed E-state index contributed by atoms with van der Waals surface area (Å²) in [6, 6.07) is 8.93. The van der Waals surface area contributed by atoms with Gasteiger partial charge in [0.2, 0.25) is 0 Å². The molecule has 0 aliphatic rings. The van der Waals surface area contributed by atoms with Gasteiger partial charge in [-0.05, 0) is 31.2 Å². The highest BCUT2D eigenvalue weighted by Gasteiger charge is 2.08. The molecule has 0 aromatic heterocycles. The second-order valence-electron chi connectivity index (χ2n) is 3.50. The quantitative estimate of drug-likeness (QED) is 0.617. The summed E-state index contributed by atoms with van der Waals surface area (Å²) in [7, 11) is 0. The topological polar surface area (TPSA) is 12.0 Å². The van der Waals surface area contributed by atoms with Crippen molar-refractivity contribution in [1.29, 1.82) is 0 Å². The Morgan fingerprint density at radius 3 is 2.81 bits per heavy atom. The van der Waals surface area contributed by atoms with Crippen molar-refractivity contribution in [2.75, 3.05) is 12.3 Å². The molecule has 1 atom stereocenters. The molecule has 1 N–H and O–H groups in total. The van der Waals surface area contributed by atoms with Crippen LogP contribution in [0, 0.1) is 11.8 Å². The maximum atomic E-state index is 3.41. The molecule has 16 heavy (non-hydrogen) atoms. The monoisotopic (exact) mass is 233 g/mol. The molecule has 0 saturated carbocycles. The maximum Gasteiger partial charge on any atom is 0.0581 e. The summed E-state index contributed by atoms with van der Waals surface area (Å²) in [4.78, 5) is 1.37. The van der Waals surface area contributed by atoms with Crippen molar-refractivity contribution in [2.45, 2.75) is 31.7 Å². The maximum absolute atomic E-state index is 3.41. The summed E-state index contributed by atoms with van der Waals surface area (Å²) in [6.07, 6.45) is 0. The van der Waals surface area contributed by atoms with Crippen LogP contribution in [0.1, 0.15) is 32.4 Å². The Morgan fingerprint density at radius 1 is 1.38 bits per heavy atom. The minimum Gasteiger partial charge on any atom is -0.300 e. The van der Waals surface area contributed by atoms with Crippen LogP contribution in [-0.2, 0) is 0 Å². The van der Waals surface area contributed by atoms with Gasteiger partial charge in [0.05, 0.1) is 6.54 Å². The predicted molar refractivity (Wildman–Crippen MR) is 72.7 cm³/mol. The zero-order chi connectivity index (χ0) is 11.8. The van der Waals surface area contributed by atoms with Crippen molar-refractivity contribution in [3.05, 3.63) is 29.8 Å². The third-order valence-electron chi connectivity index (χ3n) is 2.36. The lowest BCUT2D eigenvalue weighted by atomic mass is 10.1. The van der Waals surface area contributed by atoms with Gasteiger partial charge in [-0.2, -0.15) is 0 Å². The molecule has 1 unspecified atom stereocenters. The molecular weight excluding hydrogens is 214 g/mol. The molecule has 0 aliphatic heterocycles. The lowest BCUT2D eigenvalue weighted by Gasteiger charge is -2.16. The lowest BCUT2D eigenvalue weighted by molar-refractivity contribution is 0.613. The largest absolute Gasteiger partial charge is 0.300 e. The van der Waals surface area contributed by atoms with Crippen molar-refractivity contribution in [3.63, 3.8) is 0 Å². The van der Waals surface area contributed by atoms with E-state index in [-0.39, 0.29) is 0 Å². The number of benzene rings is 1. The Labute approximate surface area is 103 Å². The van der Waals surface area contributed by atoms with E-state index in [4.69, 9.17) is 0 Å². The van der Waals surface area contributed by atoms with Crippen LogP contribution >= 0.6 is 11.8 Å². The summed E-state index contributed by atoms with van der Waals surface area (Å²) in [6.45, 7) is 6.99. The van der Waals surface area contributed by atoms with Gasteiger partial charge < -0.3 is 0 Å². The molecule has 0 aliphatic carbocycles. The number of nitrogens with one attached hydrogen (secondary N) is 1. The number of rotatable bonds is 5. The van der Waals surface area contributed by atoms with Crippen LogP contribution in [0.2, 0.25) is 0 Å². The standard InChI is InChI=1S/C14H19NS/c1-4-6-11-15-12(3)13-9-7-8-10-14(13)16-5-2/h7-10,12,15H,5,11H2,1-3H3. The molecule has 0 amide bonds. The van der Waals surface area contributed by atoms with E-state index in [9.17, 15) is 0 Å². The van der Waals surface area contributed by atoms with Gasteiger partial charge in [0, 0.05) is 10.9 Å². The third kappa shape index (κ3) is 3.92. The van der Waals surface area contributed by atoms with Crippen LogP contribution in [0.3, 0.4) is 0 Å². The van der Waals surface area contributed by atoms with Gasteiger partial charge >= 0.3 is 0 Å². The van der Waals surface area contributed by atoms with Crippen LogP contribution in [0.15, 0.2) is 29.2 Å². The fraction of sp³-hybridized carbons (Fsp3) is 0.429. The normalized spacial score (nSPS) is 11.7.